The first kappa shape index (κ1) is 16.5. The second kappa shape index (κ2) is 7.05. The molecule has 0 aliphatic rings. The van der Waals surface area contributed by atoms with Gasteiger partial charge in [-0.15, -0.1) is 0 Å². The van der Waals surface area contributed by atoms with Gasteiger partial charge in [-0.25, -0.2) is 4.98 Å². The van der Waals surface area contributed by atoms with E-state index in [1.54, 1.807) is 11.9 Å². The highest BCUT2D eigenvalue weighted by atomic mass is 32.2. The topological polar surface area (TPSA) is 33.2 Å². The molecule has 3 rings (SSSR count). The maximum atomic E-state index is 12.4. The number of carbonyl (C=O) groups excluding carboxylic acids is 1. The van der Waals surface area contributed by atoms with Crippen LogP contribution in [-0.2, 0) is 4.79 Å². The molecule has 0 saturated heterocycles. The number of aromatic nitrogens is 1. The molecule has 1 amide bonds. The zero-order chi connectivity index (χ0) is 17.1. The Labute approximate surface area is 146 Å². The van der Waals surface area contributed by atoms with Crippen LogP contribution in [0.15, 0.2) is 59.6 Å². The lowest BCUT2D eigenvalue weighted by atomic mass is 10.1. The number of fused-ring (bicyclic) bond motifs is 1. The number of amides is 1. The van der Waals surface area contributed by atoms with Crippen LogP contribution in [0.25, 0.3) is 10.9 Å². The Morgan fingerprint density at radius 2 is 1.79 bits per heavy atom. The maximum Gasteiger partial charge on any atom is 0.237 e. The second-order valence-corrected chi connectivity index (χ2v) is 6.82. The molecular formula is C20H20N2OS. The van der Waals surface area contributed by atoms with E-state index in [9.17, 15) is 4.79 Å². The van der Waals surface area contributed by atoms with E-state index in [-0.39, 0.29) is 5.91 Å². The van der Waals surface area contributed by atoms with Gasteiger partial charge in [-0.1, -0.05) is 48.2 Å². The van der Waals surface area contributed by atoms with Crippen molar-refractivity contribution >= 4 is 34.3 Å². The summed E-state index contributed by atoms with van der Waals surface area (Å²) < 4.78 is 0. The predicted octanol–water partition coefficient (Wildman–Crippen LogP) is 4.61. The summed E-state index contributed by atoms with van der Waals surface area (Å²) in [5.41, 5.74) is 4.27. The van der Waals surface area contributed by atoms with Gasteiger partial charge in [-0.3, -0.25) is 4.79 Å². The number of hydrogen-bond acceptors (Lipinski definition) is 3. The predicted molar refractivity (Wildman–Crippen MR) is 102 cm³/mol. The standard InChI is InChI=1S/C20H20N2OS/c1-14-8-7-11-17-15(2)12-18(21-20(14)17)24-13-19(23)22(3)16-9-5-4-6-10-16/h4-12H,13H2,1-3H3. The molecule has 2 aromatic carbocycles. The normalized spacial score (nSPS) is 10.8. The molecule has 4 heteroatoms. The molecule has 0 fully saturated rings. The van der Waals surface area contributed by atoms with Gasteiger partial charge < -0.3 is 4.90 Å². The Kier molecular flexibility index (Phi) is 4.86. The van der Waals surface area contributed by atoms with Gasteiger partial charge in [-0.05, 0) is 43.2 Å². The first-order valence-electron chi connectivity index (χ1n) is 7.87. The van der Waals surface area contributed by atoms with E-state index in [4.69, 9.17) is 4.98 Å². The number of anilines is 1. The lowest BCUT2D eigenvalue weighted by Gasteiger charge is -2.17. The second-order valence-electron chi connectivity index (χ2n) is 5.83. The van der Waals surface area contributed by atoms with Crippen LogP contribution in [0, 0.1) is 13.8 Å². The number of thioether (sulfide) groups is 1. The third kappa shape index (κ3) is 3.44. The minimum atomic E-state index is 0.0653. The molecule has 0 bridgehead atoms. The number of nitrogens with zero attached hydrogens (tertiary/aromatic N) is 2. The first-order valence-corrected chi connectivity index (χ1v) is 8.86. The number of rotatable bonds is 4. The lowest BCUT2D eigenvalue weighted by molar-refractivity contribution is -0.115. The molecule has 0 aliphatic carbocycles. The highest BCUT2D eigenvalue weighted by Crippen LogP contribution is 2.26. The van der Waals surface area contributed by atoms with Crippen molar-refractivity contribution in [2.75, 3.05) is 17.7 Å². The quantitative estimate of drug-likeness (QED) is 0.653. The molecule has 0 unspecified atom stereocenters. The zero-order valence-electron chi connectivity index (χ0n) is 14.1. The van der Waals surface area contributed by atoms with E-state index in [2.05, 4.69) is 38.1 Å². The monoisotopic (exact) mass is 336 g/mol. The molecule has 0 atom stereocenters. The number of carbonyl (C=O) groups is 1. The van der Waals surface area contributed by atoms with Gasteiger partial charge in [-0.2, -0.15) is 0 Å². The minimum absolute atomic E-state index is 0.0653. The fourth-order valence-corrected chi connectivity index (χ4v) is 3.51. The van der Waals surface area contributed by atoms with Crippen LogP contribution in [0.1, 0.15) is 11.1 Å². The fraction of sp³-hybridized carbons (Fsp3) is 0.200. The third-order valence-electron chi connectivity index (χ3n) is 4.09. The van der Waals surface area contributed by atoms with Crippen molar-refractivity contribution < 1.29 is 4.79 Å². The SMILES string of the molecule is Cc1cc(SCC(=O)N(C)c2ccccc2)nc2c(C)cccc12. The average molecular weight is 336 g/mol. The third-order valence-corrected chi connectivity index (χ3v) is 4.98. The summed E-state index contributed by atoms with van der Waals surface area (Å²) in [7, 11) is 1.81. The van der Waals surface area contributed by atoms with Gasteiger partial charge in [0.2, 0.25) is 5.91 Å². The molecule has 0 N–H and O–H groups in total. The molecule has 0 spiro atoms. The van der Waals surface area contributed by atoms with Crippen molar-refractivity contribution in [2.45, 2.75) is 18.9 Å². The van der Waals surface area contributed by atoms with E-state index < -0.39 is 0 Å². The molecule has 0 radical (unpaired) electrons. The number of pyridine rings is 1. The van der Waals surface area contributed by atoms with E-state index in [0.717, 1.165) is 21.8 Å². The molecule has 122 valence electrons. The largest absolute Gasteiger partial charge is 0.315 e. The van der Waals surface area contributed by atoms with Gasteiger partial charge in [0.1, 0.15) is 0 Å². The van der Waals surface area contributed by atoms with Crippen LogP contribution in [0.5, 0.6) is 0 Å². The molecule has 0 saturated carbocycles. The smallest absolute Gasteiger partial charge is 0.237 e. The highest BCUT2D eigenvalue weighted by Gasteiger charge is 2.12. The van der Waals surface area contributed by atoms with Crippen LogP contribution in [-0.4, -0.2) is 23.7 Å². The van der Waals surface area contributed by atoms with Crippen LogP contribution in [0.4, 0.5) is 5.69 Å². The molecule has 1 heterocycles. The van der Waals surface area contributed by atoms with Crippen molar-refractivity contribution in [3.63, 3.8) is 0 Å². The van der Waals surface area contributed by atoms with Gasteiger partial charge in [0.25, 0.3) is 0 Å². The van der Waals surface area contributed by atoms with Crippen molar-refractivity contribution in [2.24, 2.45) is 0 Å². The molecular weight excluding hydrogens is 316 g/mol. The molecule has 0 aliphatic heterocycles. The van der Waals surface area contributed by atoms with Crippen molar-refractivity contribution in [3.8, 4) is 0 Å². The molecule has 1 aromatic heterocycles. The number of para-hydroxylation sites is 2. The van der Waals surface area contributed by atoms with Crippen LogP contribution < -0.4 is 4.90 Å². The summed E-state index contributed by atoms with van der Waals surface area (Å²) in [6.45, 7) is 4.16. The van der Waals surface area contributed by atoms with Crippen molar-refractivity contribution in [3.05, 3.63) is 65.7 Å². The molecule has 24 heavy (non-hydrogen) atoms. The Balaban J connectivity index is 1.76. The Bertz CT molecular complexity index is 877. The van der Waals surface area contributed by atoms with E-state index in [1.807, 2.05) is 30.3 Å². The number of benzene rings is 2. The molecule has 3 nitrogen and oxygen atoms in total. The van der Waals surface area contributed by atoms with Crippen LogP contribution in [0.2, 0.25) is 0 Å². The summed E-state index contributed by atoms with van der Waals surface area (Å²) in [6, 6.07) is 18.0. The maximum absolute atomic E-state index is 12.4. The van der Waals surface area contributed by atoms with E-state index in [0.29, 0.717) is 5.75 Å². The average Bonchev–Trinajstić information content (AvgIpc) is 2.60. The van der Waals surface area contributed by atoms with Crippen LogP contribution in [0.3, 0.4) is 0 Å². The number of hydrogen-bond donors (Lipinski definition) is 0. The van der Waals surface area contributed by atoms with Gasteiger partial charge in [0.15, 0.2) is 0 Å². The summed E-state index contributed by atoms with van der Waals surface area (Å²) in [5.74, 6) is 0.436. The first-order chi connectivity index (χ1) is 11.6. The Morgan fingerprint density at radius 1 is 1.04 bits per heavy atom. The van der Waals surface area contributed by atoms with Gasteiger partial charge in [0, 0.05) is 18.1 Å². The van der Waals surface area contributed by atoms with E-state index >= 15 is 0 Å². The highest BCUT2D eigenvalue weighted by molar-refractivity contribution is 7.99. The Hall–Kier alpha value is -2.33. The number of aryl methyl sites for hydroxylation is 2. The summed E-state index contributed by atoms with van der Waals surface area (Å²) in [4.78, 5) is 18.8. The van der Waals surface area contributed by atoms with Crippen LogP contribution >= 0.6 is 11.8 Å². The molecule has 3 aromatic rings. The minimum Gasteiger partial charge on any atom is -0.315 e. The van der Waals surface area contributed by atoms with Gasteiger partial charge in [0.05, 0.1) is 16.3 Å². The zero-order valence-corrected chi connectivity index (χ0v) is 14.9. The fourth-order valence-electron chi connectivity index (χ4n) is 2.63. The van der Waals surface area contributed by atoms with Crippen molar-refractivity contribution in [1.29, 1.82) is 0 Å². The van der Waals surface area contributed by atoms with Crippen molar-refractivity contribution in [1.82, 2.24) is 4.98 Å². The lowest BCUT2D eigenvalue weighted by Crippen LogP contribution is -2.27. The van der Waals surface area contributed by atoms with E-state index in [1.165, 1.54) is 22.7 Å². The Morgan fingerprint density at radius 3 is 2.54 bits per heavy atom. The summed E-state index contributed by atoms with van der Waals surface area (Å²) in [5, 5.41) is 2.07. The van der Waals surface area contributed by atoms with Gasteiger partial charge >= 0.3 is 0 Å². The summed E-state index contributed by atoms with van der Waals surface area (Å²) >= 11 is 1.49. The summed E-state index contributed by atoms with van der Waals surface area (Å²) in [6.07, 6.45) is 0.